The van der Waals surface area contributed by atoms with E-state index in [2.05, 4.69) is 36.1 Å². The van der Waals surface area contributed by atoms with Crippen LogP contribution in [0.5, 0.6) is 0 Å². The van der Waals surface area contributed by atoms with Crippen LogP contribution in [0.1, 0.15) is 34.2 Å². The van der Waals surface area contributed by atoms with Gasteiger partial charge in [0.25, 0.3) is 5.91 Å². The molecule has 3 rings (SSSR count). The molecular formula is C17H20N4OS. The number of rotatable bonds is 2. The average molecular weight is 328 g/mol. The first-order valence-corrected chi connectivity index (χ1v) is 8.42. The Balaban J connectivity index is 2.11. The van der Waals surface area contributed by atoms with E-state index < -0.39 is 0 Å². The van der Waals surface area contributed by atoms with Gasteiger partial charge in [-0.3, -0.25) is 9.48 Å². The van der Waals surface area contributed by atoms with Crippen molar-refractivity contribution in [3.63, 3.8) is 0 Å². The summed E-state index contributed by atoms with van der Waals surface area (Å²) in [6, 6.07) is 6.06. The monoisotopic (exact) mass is 328 g/mol. The van der Waals surface area contributed by atoms with Gasteiger partial charge >= 0.3 is 0 Å². The van der Waals surface area contributed by atoms with Gasteiger partial charge in [0.1, 0.15) is 0 Å². The Morgan fingerprint density at radius 1 is 1.26 bits per heavy atom. The van der Waals surface area contributed by atoms with E-state index in [9.17, 15) is 4.79 Å². The minimum absolute atomic E-state index is 0.295. The maximum Gasteiger partial charge on any atom is 0.300 e. The van der Waals surface area contributed by atoms with Gasteiger partial charge in [0, 0.05) is 19.3 Å². The number of hydrogen-bond donors (Lipinski definition) is 0. The highest BCUT2D eigenvalue weighted by atomic mass is 32.1. The van der Waals surface area contributed by atoms with Crippen molar-refractivity contribution in [1.82, 2.24) is 14.3 Å². The molecule has 0 atom stereocenters. The lowest BCUT2D eigenvalue weighted by Crippen LogP contribution is -2.13. The molecule has 2 heterocycles. The van der Waals surface area contributed by atoms with E-state index in [1.54, 1.807) is 10.7 Å². The van der Waals surface area contributed by atoms with E-state index >= 15 is 0 Å². The molecule has 0 fully saturated rings. The fraction of sp³-hybridized carbons (Fsp3) is 0.353. The highest BCUT2D eigenvalue weighted by molar-refractivity contribution is 7.16. The largest absolute Gasteiger partial charge is 0.319 e. The summed E-state index contributed by atoms with van der Waals surface area (Å²) in [5.41, 5.74) is 4.89. The fourth-order valence-electron chi connectivity index (χ4n) is 2.75. The zero-order valence-corrected chi connectivity index (χ0v) is 14.9. The summed E-state index contributed by atoms with van der Waals surface area (Å²) in [5.74, 6) is -0.295. The molecule has 5 nitrogen and oxygen atoms in total. The summed E-state index contributed by atoms with van der Waals surface area (Å²) < 4.78 is 4.95. The summed E-state index contributed by atoms with van der Waals surface area (Å²) in [6.45, 7) is 8.85. The van der Waals surface area contributed by atoms with Gasteiger partial charge in [0.15, 0.2) is 10.5 Å². The number of aromatic nitrogens is 3. The van der Waals surface area contributed by atoms with Crippen LogP contribution in [0, 0.1) is 20.8 Å². The molecule has 0 unspecified atom stereocenters. The number of nitrogens with zero attached hydrogens (tertiary/aromatic N) is 4. The summed E-state index contributed by atoms with van der Waals surface area (Å²) in [7, 11) is 1.94. The second kappa shape index (κ2) is 5.77. The van der Waals surface area contributed by atoms with Gasteiger partial charge in [0.05, 0.1) is 10.2 Å². The molecule has 0 aliphatic rings. The van der Waals surface area contributed by atoms with Crippen LogP contribution in [0.2, 0.25) is 0 Å². The van der Waals surface area contributed by atoms with Crippen LogP contribution >= 0.6 is 11.3 Å². The van der Waals surface area contributed by atoms with Crippen LogP contribution < -0.4 is 4.80 Å². The average Bonchev–Trinajstić information content (AvgIpc) is 3.02. The molecule has 1 amide bonds. The summed E-state index contributed by atoms with van der Waals surface area (Å²) >= 11 is 1.54. The molecule has 0 saturated carbocycles. The van der Waals surface area contributed by atoms with Gasteiger partial charge < -0.3 is 4.57 Å². The fourth-order valence-corrected chi connectivity index (χ4v) is 3.82. The first kappa shape index (κ1) is 15.7. The molecule has 23 heavy (non-hydrogen) atoms. The van der Waals surface area contributed by atoms with Crippen molar-refractivity contribution in [1.29, 1.82) is 0 Å². The molecule has 0 bridgehead atoms. The van der Waals surface area contributed by atoms with E-state index in [0.717, 1.165) is 17.8 Å². The molecule has 1 aromatic carbocycles. The van der Waals surface area contributed by atoms with Crippen molar-refractivity contribution < 1.29 is 4.79 Å². The van der Waals surface area contributed by atoms with Crippen molar-refractivity contribution in [2.45, 2.75) is 34.2 Å². The highest BCUT2D eigenvalue weighted by Gasteiger charge is 2.12. The molecule has 120 valence electrons. The highest BCUT2D eigenvalue weighted by Crippen LogP contribution is 2.22. The molecule has 0 N–H and O–H groups in total. The van der Waals surface area contributed by atoms with Crippen LogP contribution in [0.4, 0.5) is 0 Å². The number of thiazole rings is 1. The zero-order valence-electron chi connectivity index (χ0n) is 14.0. The SMILES string of the molecule is CCn1nc(C(=O)N=c2sc3c(C)cc(C)cc3n2C)cc1C. The lowest BCUT2D eigenvalue weighted by molar-refractivity contribution is 0.0992. The molecule has 3 aromatic rings. The van der Waals surface area contributed by atoms with Crippen molar-refractivity contribution in [2.24, 2.45) is 12.0 Å². The van der Waals surface area contributed by atoms with Crippen molar-refractivity contribution >= 4 is 27.5 Å². The van der Waals surface area contributed by atoms with E-state index in [4.69, 9.17) is 0 Å². The zero-order chi connectivity index (χ0) is 16.7. The van der Waals surface area contributed by atoms with Crippen LogP contribution in [-0.2, 0) is 13.6 Å². The number of benzene rings is 1. The van der Waals surface area contributed by atoms with Gasteiger partial charge in [-0.25, -0.2) is 0 Å². The van der Waals surface area contributed by atoms with Gasteiger partial charge in [0.2, 0.25) is 0 Å². The Morgan fingerprint density at radius 3 is 2.65 bits per heavy atom. The summed E-state index contributed by atoms with van der Waals surface area (Å²) in [4.78, 5) is 17.4. The Labute approximate surface area is 138 Å². The first-order valence-electron chi connectivity index (χ1n) is 7.61. The predicted molar refractivity (Wildman–Crippen MR) is 92.8 cm³/mol. The van der Waals surface area contributed by atoms with Crippen LogP contribution in [-0.4, -0.2) is 20.3 Å². The molecule has 0 radical (unpaired) electrons. The molecule has 0 aliphatic carbocycles. The van der Waals surface area contributed by atoms with Gasteiger partial charge in [-0.1, -0.05) is 17.4 Å². The van der Waals surface area contributed by atoms with E-state index in [-0.39, 0.29) is 5.91 Å². The number of hydrogen-bond acceptors (Lipinski definition) is 3. The number of aryl methyl sites for hydroxylation is 5. The lowest BCUT2D eigenvalue weighted by Gasteiger charge is -2.00. The third-order valence-corrected chi connectivity index (χ3v) is 5.22. The topological polar surface area (TPSA) is 52.2 Å². The standard InChI is InChI=1S/C17H20N4OS/c1-6-21-12(4)9-13(19-21)16(22)18-17-20(5)14-8-10(2)7-11(3)15(14)23-17/h7-9H,6H2,1-5H3. The molecule has 6 heteroatoms. The normalized spacial score (nSPS) is 12.3. The number of carbonyl (C=O) groups excluding carboxylic acids is 1. The molecule has 2 aromatic heterocycles. The number of fused-ring (bicyclic) bond motifs is 1. The molecule has 0 aliphatic heterocycles. The minimum atomic E-state index is -0.295. The number of carbonyl (C=O) groups is 1. The first-order chi connectivity index (χ1) is 10.9. The quantitative estimate of drug-likeness (QED) is 0.726. The maximum atomic E-state index is 12.4. The molecule has 0 saturated heterocycles. The van der Waals surface area contributed by atoms with Gasteiger partial charge in [-0.2, -0.15) is 10.1 Å². The van der Waals surface area contributed by atoms with Crippen LogP contribution in [0.3, 0.4) is 0 Å². The van der Waals surface area contributed by atoms with Crippen molar-refractivity contribution in [2.75, 3.05) is 0 Å². The van der Waals surface area contributed by atoms with Crippen LogP contribution in [0.25, 0.3) is 10.2 Å². The molecule has 0 spiro atoms. The molecular weight excluding hydrogens is 308 g/mol. The Bertz CT molecular complexity index is 975. The smallest absolute Gasteiger partial charge is 0.300 e. The third kappa shape index (κ3) is 2.74. The lowest BCUT2D eigenvalue weighted by atomic mass is 10.1. The Kier molecular flexibility index (Phi) is 3.93. The van der Waals surface area contributed by atoms with E-state index in [0.29, 0.717) is 10.5 Å². The minimum Gasteiger partial charge on any atom is -0.319 e. The van der Waals surface area contributed by atoms with E-state index in [1.165, 1.54) is 27.2 Å². The Morgan fingerprint density at radius 2 is 2.00 bits per heavy atom. The summed E-state index contributed by atoms with van der Waals surface area (Å²) in [5, 5.41) is 4.31. The summed E-state index contributed by atoms with van der Waals surface area (Å²) in [6.07, 6.45) is 0. The predicted octanol–water partition coefficient (Wildman–Crippen LogP) is 3.12. The second-order valence-corrected chi connectivity index (χ2v) is 6.75. The van der Waals surface area contributed by atoms with Crippen molar-refractivity contribution in [3.8, 4) is 0 Å². The third-order valence-electron chi connectivity index (χ3n) is 3.94. The Hall–Kier alpha value is -2.21. The van der Waals surface area contributed by atoms with Crippen LogP contribution in [0.15, 0.2) is 23.2 Å². The second-order valence-electron chi connectivity index (χ2n) is 5.78. The van der Waals surface area contributed by atoms with Gasteiger partial charge in [-0.05, 0) is 51.0 Å². The van der Waals surface area contributed by atoms with Gasteiger partial charge in [-0.15, -0.1) is 0 Å². The number of amides is 1. The van der Waals surface area contributed by atoms with E-state index in [1.807, 2.05) is 25.5 Å². The maximum absolute atomic E-state index is 12.4. The van der Waals surface area contributed by atoms with Crippen molar-refractivity contribution in [3.05, 3.63) is 45.5 Å².